The second-order valence-corrected chi connectivity index (χ2v) is 11.8. The van der Waals surface area contributed by atoms with Crippen molar-refractivity contribution in [2.45, 2.75) is 30.6 Å². The van der Waals surface area contributed by atoms with E-state index >= 15 is 0 Å². The Balaban J connectivity index is 0.00000156. The molecule has 0 bridgehead atoms. The zero-order chi connectivity index (χ0) is 15.2. The maximum atomic E-state index is 2.60. The number of rotatable bonds is 3. The van der Waals surface area contributed by atoms with E-state index in [1.54, 1.807) is 11.1 Å². The van der Waals surface area contributed by atoms with Crippen LogP contribution in [0.1, 0.15) is 40.3 Å². The number of hydrogen-bond donors (Lipinski definition) is 0. The van der Waals surface area contributed by atoms with E-state index in [1.165, 1.54) is 17.2 Å². The normalized spacial score (nSPS) is 23.0. The van der Waals surface area contributed by atoms with Crippen molar-refractivity contribution in [3.05, 3.63) is 82.9 Å². The summed E-state index contributed by atoms with van der Waals surface area (Å²) in [5.74, 6) is 0. The summed E-state index contributed by atoms with van der Waals surface area (Å²) in [6, 6.07) is 19.2. The molecule has 2 aromatic rings. The van der Waals surface area contributed by atoms with Crippen molar-refractivity contribution in [1.29, 1.82) is 0 Å². The fourth-order valence-electron chi connectivity index (χ4n) is 4.28. The Labute approximate surface area is 152 Å². The molecule has 0 amide bonds. The van der Waals surface area contributed by atoms with Crippen molar-refractivity contribution < 1.29 is 0 Å². The van der Waals surface area contributed by atoms with Crippen LogP contribution in [-0.4, -0.2) is 26.9 Å². The summed E-state index contributed by atoms with van der Waals surface area (Å²) >= 11 is 0. The van der Waals surface area contributed by atoms with E-state index in [0.717, 1.165) is 0 Å². The zero-order valence-electron chi connectivity index (χ0n) is 13.3. The van der Waals surface area contributed by atoms with Gasteiger partial charge < -0.3 is 0 Å². The van der Waals surface area contributed by atoms with E-state index in [9.17, 15) is 0 Å². The van der Waals surface area contributed by atoms with Gasteiger partial charge in [-0.1, -0.05) is 92.3 Å². The van der Waals surface area contributed by atoms with Crippen LogP contribution in [0.15, 0.2) is 60.7 Å². The van der Waals surface area contributed by atoms with Crippen LogP contribution in [0.5, 0.6) is 0 Å². The Kier molecular flexibility index (Phi) is 4.56. The Morgan fingerprint density at radius 3 is 1.65 bits per heavy atom. The third-order valence-electron chi connectivity index (χ3n) is 5.78. The van der Waals surface area contributed by atoms with Crippen LogP contribution >= 0.6 is 0 Å². The van der Waals surface area contributed by atoms with E-state index in [-0.39, 0.29) is 18.9 Å². The van der Waals surface area contributed by atoms with E-state index in [1.807, 2.05) is 0 Å². The quantitative estimate of drug-likeness (QED) is 0.689. The van der Waals surface area contributed by atoms with Crippen LogP contribution in [-0.2, 0) is 0 Å². The fourth-order valence-corrected chi connectivity index (χ4v) is 8.57. The topological polar surface area (TPSA) is 0 Å². The Bertz CT molecular complexity index is 713. The van der Waals surface area contributed by atoms with Gasteiger partial charge in [-0.05, 0) is 33.3 Å². The fraction of sp³-hybridized carbons (Fsp3) is 0.238. The van der Waals surface area contributed by atoms with E-state index < -0.39 is 8.07 Å². The predicted octanol–water partition coefficient (Wildman–Crippen LogP) is 5.14. The third-order valence-corrected chi connectivity index (χ3v) is 11.2. The minimum absolute atomic E-state index is 0. The Morgan fingerprint density at radius 2 is 1.22 bits per heavy atom. The molecule has 2 unspecified atom stereocenters. The molecule has 2 aliphatic carbocycles. The van der Waals surface area contributed by atoms with Crippen molar-refractivity contribution in [1.82, 2.24) is 0 Å². The first-order valence-electron chi connectivity index (χ1n) is 8.28. The van der Waals surface area contributed by atoms with Gasteiger partial charge in [-0.3, -0.25) is 0 Å². The molecular formula is C21H23LiSi. The molecule has 23 heavy (non-hydrogen) atoms. The molecule has 0 spiro atoms. The van der Waals surface area contributed by atoms with Gasteiger partial charge in [-0.25, -0.2) is 0 Å². The van der Waals surface area contributed by atoms with Crippen molar-refractivity contribution in [3.63, 3.8) is 0 Å². The molecule has 0 aromatic heterocycles. The Morgan fingerprint density at radius 1 is 0.783 bits per heavy atom. The van der Waals surface area contributed by atoms with Crippen molar-refractivity contribution in [2.24, 2.45) is 0 Å². The molecule has 0 nitrogen and oxygen atoms in total. The molecule has 112 valence electrons. The molecular weight excluding hydrogens is 287 g/mol. The molecule has 2 aliphatic rings. The second kappa shape index (κ2) is 6.32. The predicted molar refractivity (Wildman–Crippen MR) is 106 cm³/mol. The Hall–Kier alpha value is -1.27. The van der Waals surface area contributed by atoms with Crippen LogP contribution in [0.3, 0.4) is 0 Å². The van der Waals surface area contributed by atoms with Crippen molar-refractivity contribution >= 4 is 39.1 Å². The van der Waals surface area contributed by atoms with Crippen molar-refractivity contribution in [2.75, 3.05) is 0 Å². The van der Waals surface area contributed by atoms with Crippen LogP contribution in [0.25, 0.3) is 12.2 Å². The molecule has 0 N–H and O–H groups in total. The standard InChI is InChI=1S/C21H22Si.Li.H/c1-3-22(2,20-14-12-16-8-4-6-10-18(16)20)21-15-13-17-9-5-7-11-19(17)21;;/h4-15,20-21H,3H2,1-2H3;;. The first-order chi connectivity index (χ1) is 10.7. The van der Waals surface area contributed by atoms with Crippen molar-refractivity contribution in [3.8, 4) is 0 Å². The summed E-state index contributed by atoms with van der Waals surface area (Å²) in [7, 11) is -1.53. The van der Waals surface area contributed by atoms with Gasteiger partial charge in [0.1, 0.15) is 0 Å². The molecule has 0 heterocycles. The van der Waals surface area contributed by atoms with Gasteiger partial charge in [0.25, 0.3) is 0 Å². The molecule has 0 radical (unpaired) electrons. The number of fused-ring (bicyclic) bond motifs is 2. The van der Waals surface area contributed by atoms with Gasteiger partial charge in [0, 0.05) is 0 Å². The first kappa shape index (κ1) is 16.6. The van der Waals surface area contributed by atoms with Crippen LogP contribution < -0.4 is 0 Å². The summed E-state index contributed by atoms with van der Waals surface area (Å²) in [6.45, 7) is 5.00. The SMILES string of the molecule is CC[Si](C)(C1C=Cc2ccccc21)C1C=Cc2ccccc21.[LiH]. The van der Waals surface area contributed by atoms with Gasteiger partial charge >= 0.3 is 18.9 Å². The summed E-state index contributed by atoms with van der Waals surface area (Å²) < 4.78 is 0. The van der Waals surface area contributed by atoms with Crippen LogP contribution in [0.2, 0.25) is 12.6 Å². The molecule has 0 fully saturated rings. The first-order valence-corrected chi connectivity index (χ1v) is 11.1. The van der Waals surface area contributed by atoms with E-state index in [0.29, 0.717) is 11.1 Å². The van der Waals surface area contributed by atoms with E-state index in [2.05, 4.69) is 86.3 Å². The number of hydrogen-bond acceptors (Lipinski definition) is 0. The number of benzene rings is 2. The molecule has 0 saturated carbocycles. The van der Waals surface area contributed by atoms with Gasteiger partial charge in [-0.15, -0.1) is 0 Å². The van der Waals surface area contributed by atoms with E-state index in [4.69, 9.17) is 0 Å². The number of allylic oxidation sites excluding steroid dienone is 2. The van der Waals surface area contributed by atoms with Gasteiger partial charge in [0.05, 0.1) is 8.07 Å². The van der Waals surface area contributed by atoms with Gasteiger partial charge in [0.15, 0.2) is 0 Å². The summed E-state index contributed by atoms with van der Waals surface area (Å²) in [6.07, 6.45) is 9.64. The summed E-state index contributed by atoms with van der Waals surface area (Å²) in [5.41, 5.74) is 7.22. The average molecular weight is 310 g/mol. The zero-order valence-corrected chi connectivity index (χ0v) is 14.3. The average Bonchev–Trinajstić information content (AvgIpc) is 3.19. The summed E-state index contributed by atoms with van der Waals surface area (Å²) in [4.78, 5) is 0. The van der Waals surface area contributed by atoms with Crippen LogP contribution in [0.4, 0.5) is 0 Å². The molecule has 2 heteroatoms. The van der Waals surface area contributed by atoms with Crippen LogP contribution in [0, 0.1) is 0 Å². The second-order valence-electron chi connectivity index (χ2n) is 6.79. The monoisotopic (exact) mass is 310 g/mol. The minimum atomic E-state index is -1.53. The molecule has 0 saturated heterocycles. The maximum absolute atomic E-state index is 2.60. The molecule has 0 aliphatic heterocycles. The summed E-state index contributed by atoms with van der Waals surface area (Å²) in [5, 5.41) is 0. The molecule has 2 aromatic carbocycles. The van der Waals surface area contributed by atoms with Gasteiger partial charge in [-0.2, -0.15) is 0 Å². The third kappa shape index (κ3) is 2.52. The molecule has 2 atom stereocenters. The van der Waals surface area contributed by atoms with Gasteiger partial charge in [0.2, 0.25) is 0 Å². The molecule has 4 rings (SSSR count).